The van der Waals surface area contributed by atoms with E-state index >= 15 is 0 Å². The molecule has 0 heterocycles. The molecule has 2 nitrogen and oxygen atoms in total. The summed E-state index contributed by atoms with van der Waals surface area (Å²) in [5, 5.41) is 3.49. The van der Waals surface area contributed by atoms with Crippen LogP contribution in [0.2, 0.25) is 0 Å². The Hall–Kier alpha value is -1.80. The second-order valence-electron chi connectivity index (χ2n) is 6.00. The Kier molecular flexibility index (Phi) is 4.26. The second kappa shape index (κ2) is 6.31. The van der Waals surface area contributed by atoms with Crippen LogP contribution in [0.3, 0.4) is 0 Å². The van der Waals surface area contributed by atoms with Gasteiger partial charge in [0.05, 0.1) is 0 Å². The zero-order chi connectivity index (χ0) is 14.7. The molecule has 0 bridgehead atoms. The highest BCUT2D eigenvalue weighted by Gasteiger charge is 2.21. The molecule has 0 radical (unpaired) electrons. The first-order valence-corrected chi connectivity index (χ1v) is 7.78. The Morgan fingerprint density at radius 2 is 1.57 bits per heavy atom. The quantitative estimate of drug-likeness (QED) is 0.857. The van der Waals surface area contributed by atoms with E-state index in [1.165, 1.54) is 29.5 Å². The molecule has 2 heteroatoms. The third-order valence-electron chi connectivity index (χ3n) is 3.85. The molecule has 1 atom stereocenters. The molecule has 1 aliphatic rings. The van der Waals surface area contributed by atoms with E-state index in [4.69, 9.17) is 4.74 Å². The minimum absolute atomic E-state index is 0.204. The van der Waals surface area contributed by atoms with Crippen molar-refractivity contribution < 1.29 is 4.74 Å². The summed E-state index contributed by atoms with van der Waals surface area (Å²) in [5.74, 6) is 0.941. The van der Waals surface area contributed by atoms with E-state index in [0.717, 1.165) is 18.3 Å². The summed E-state index contributed by atoms with van der Waals surface area (Å²) in [6, 6.07) is 17.7. The second-order valence-corrected chi connectivity index (χ2v) is 6.00. The van der Waals surface area contributed by atoms with Crippen LogP contribution in [-0.4, -0.2) is 18.7 Å². The van der Waals surface area contributed by atoms with Crippen molar-refractivity contribution in [3.05, 3.63) is 54.1 Å². The highest BCUT2D eigenvalue weighted by atomic mass is 16.5. The van der Waals surface area contributed by atoms with Gasteiger partial charge in [-0.25, -0.2) is 0 Å². The van der Waals surface area contributed by atoms with Gasteiger partial charge in [0.1, 0.15) is 11.9 Å². The van der Waals surface area contributed by atoms with Gasteiger partial charge in [0.15, 0.2) is 0 Å². The fourth-order valence-corrected chi connectivity index (χ4v) is 2.37. The Balaban J connectivity index is 1.59. The zero-order valence-electron chi connectivity index (χ0n) is 12.8. The van der Waals surface area contributed by atoms with Crippen LogP contribution in [0, 0.1) is 6.92 Å². The molecule has 2 aromatic rings. The molecule has 0 amide bonds. The van der Waals surface area contributed by atoms with Crippen LogP contribution in [0.1, 0.15) is 25.3 Å². The van der Waals surface area contributed by atoms with Crippen LogP contribution in [0.25, 0.3) is 11.1 Å². The summed E-state index contributed by atoms with van der Waals surface area (Å²) in [7, 11) is 0. The van der Waals surface area contributed by atoms with Crippen molar-refractivity contribution in [3.8, 4) is 16.9 Å². The lowest BCUT2D eigenvalue weighted by Crippen LogP contribution is -2.30. The summed E-state index contributed by atoms with van der Waals surface area (Å²) in [6.45, 7) is 5.14. The van der Waals surface area contributed by atoms with E-state index in [9.17, 15) is 0 Å². The van der Waals surface area contributed by atoms with Crippen molar-refractivity contribution in [2.24, 2.45) is 0 Å². The molecule has 0 aliphatic heterocycles. The van der Waals surface area contributed by atoms with Crippen molar-refractivity contribution >= 4 is 0 Å². The zero-order valence-corrected chi connectivity index (χ0v) is 12.8. The Morgan fingerprint density at radius 3 is 2.14 bits per heavy atom. The lowest BCUT2D eigenvalue weighted by atomic mass is 10.0. The van der Waals surface area contributed by atoms with Gasteiger partial charge in [0.25, 0.3) is 0 Å². The number of aryl methyl sites for hydroxylation is 1. The molecular weight excluding hydrogens is 258 g/mol. The van der Waals surface area contributed by atoms with Gasteiger partial charge in [-0.3, -0.25) is 0 Å². The molecule has 1 saturated carbocycles. The normalized spacial score (nSPS) is 15.7. The van der Waals surface area contributed by atoms with Gasteiger partial charge in [-0.05, 0) is 49.9 Å². The third kappa shape index (κ3) is 4.08. The van der Waals surface area contributed by atoms with E-state index < -0.39 is 0 Å². The van der Waals surface area contributed by atoms with Gasteiger partial charge in [-0.15, -0.1) is 0 Å². The van der Waals surface area contributed by atoms with Gasteiger partial charge < -0.3 is 10.1 Å². The fourth-order valence-electron chi connectivity index (χ4n) is 2.37. The summed E-state index contributed by atoms with van der Waals surface area (Å²) in [5.41, 5.74) is 3.76. The number of hydrogen-bond donors (Lipinski definition) is 1. The van der Waals surface area contributed by atoms with Crippen molar-refractivity contribution in [2.45, 2.75) is 38.8 Å². The molecule has 1 N–H and O–H groups in total. The third-order valence-corrected chi connectivity index (χ3v) is 3.85. The van der Waals surface area contributed by atoms with Crippen LogP contribution in [0.5, 0.6) is 5.75 Å². The summed E-state index contributed by atoms with van der Waals surface area (Å²) >= 11 is 0. The smallest absolute Gasteiger partial charge is 0.119 e. The lowest BCUT2D eigenvalue weighted by molar-refractivity contribution is 0.216. The number of hydrogen-bond acceptors (Lipinski definition) is 2. The fraction of sp³-hybridized carbons (Fsp3) is 0.368. The van der Waals surface area contributed by atoms with E-state index in [2.05, 4.69) is 67.7 Å². The average molecular weight is 281 g/mol. The minimum Gasteiger partial charge on any atom is -0.489 e. The molecule has 0 aromatic heterocycles. The number of ether oxygens (including phenoxy) is 1. The molecule has 21 heavy (non-hydrogen) atoms. The van der Waals surface area contributed by atoms with Crippen molar-refractivity contribution in [2.75, 3.05) is 6.54 Å². The van der Waals surface area contributed by atoms with Gasteiger partial charge in [0, 0.05) is 12.6 Å². The first-order valence-electron chi connectivity index (χ1n) is 7.78. The monoisotopic (exact) mass is 281 g/mol. The number of nitrogens with one attached hydrogen (secondary N) is 1. The van der Waals surface area contributed by atoms with Gasteiger partial charge in [-0.1, -0.05) is 42.0 Å². The Bertz CT molecular complexity index is 570. The maximum Gasteiger partial charge on any atom is 0.119 e. The summed E-state index contributed by atoms with van der Waals surface area (Å²) in [6.07, 6.45) is 2.84. The van der Waals surface area contributed by atoms with Crippen LogP contribution in [0.15, 0.2) is 48.5 Å². The Labute approximate surface area is 127 Å². The molecule has 1 fully saturated rings. The van der Waals surface area contributed by atoms with Gasteiger partial charge in [0.2, 0.25) is 0 Å². The standard InChI is InChI=1S/C19H23NO/c1-14-3-5-16(6-4-14)17-7-11-19(12-8-17)21-15(2)13-20-18-9-10-18/h3-8,11-12,15,18,20H,9-10,13H2,1-2H3. The van der Waals surface area contributed by atoms with E-state index in [1.807, 2.05) is 0 Å². The van der Waals surface area contributed by atoms with Crippen LogP contribution < -0.4 is 10.1 Å². The maximum atomic E-state index is 5.94. The average Bonchev–Trinajstić information content (AvgIpc) is 3.31. The van der Waals surface area contributed by atoms with Gasteiger partial charge >= 0.3 is 0 Å². The predicted molar refractivity (Wildman–Crippen MR) is 87.7 cm³/mol. The van der Waals surface area contributed by atoms with E-state index in [1.54, 1.807) is 0 Å². The summed E-state index contributed by atoms with van der Waals surface area (Å²) in [4.78, 5) is 0. The van der Waals surface area contributed by atoms with Gasteiger partial charge in [-0.2, -0.15) is 0 Å². The molecular formula is C19H23NO. The van der Waals surface area contributed by atoms with Crippen LogP contribution in [0.4, 0.5) is 0 Å². The topological polar surface area (TPSA) is 21.3 Å². The molecule has 1 aliphatic carbocycles. The van der Waals surface area contributed by atoms with E-state index in [-0.39, 0.29) is 6.10 Å². The largest absolute Gasteiger partial charge is 0.489 e. The van der Waals surface area contributed by atoms with Crippen LogP contribution in [-0.2, 0) is 0 Å². The molecule has 2 aromatic carbocycles. The van der Waals surface area contributed by atoms with E-state index in [0.29, 0.717) is 0 Å². The highest BCUT2D eigenvalue weighted by Crippen LogP contribution is 2.23. The first-order chi connectivity index (χ1) is 10.2. The maximum absolute atomic E-state index is 5.94. The molecule has 0 saturated heterocycles. The van der Waals surface area contributed by atoms with Crippen molar-refractivity contribution in [1.82, 2.24) is 5.32 Å². The SMILES string of the molecule is Cc1ccc(-c2ccc(OC(C)CNC3CC3)cc2)cc1. The lowest BCUT2D eigenvalue weighted by Gasteiger charge is -2.15. The van der Waals surface area contributed by atoms with Crippen LogP contribution >= 0.6 is 0 Å². The number of rotatable bonds is 6. The number of benzene rings is 2. The Morgan fingerprint density at radius 1 is 1.00 bits per heavy atom. The minimum atomic E-state index is 0.204. The first kappa shape index (κ1) is 14.2. The summed E-state index contributed by atoms with van der Waals surface area (Å²) < 4.78 is 5.94. The van der Waals surface area contributed by atoms with Crippen molar-refractivity contribution in [1.29, 1.82) is 0 Å². The predicted octanol–water partition coefficient (Wildman–Crippen LogP) is 4.18. The molecule has 110 valence electrons. The molecule has 0 spiro atoms. The van der Waals surface area contributed by atoms with Crippen molar-refractivity contribution in [3.63, 3.8) is 0 Å². The highest BCUT2D eigenvalue weighted by molar-refractivity contribution is 5.64. The molecule has 3 rings (SSSR count). The molecule has 1 unspecified atom stereocenters.